The Labute approximate surface area is 190 Å². The zero-order valence-electron chi connectivity index (χ0n) is 17.4. The van der Waals surface area contributed by atoms with Crippen LogP contribution in [-0.4, -0.2) is 44.9 Å². The number of aromatic nitrogens is 2. The molecule has 7 nitrogen and oxygen atoms in total. The van der Waals surface area contributed by atoms with Gasteiger partial charge in [-0.2, -0.15) is 0 Å². The highest BCUT2D eigenvalue weighted by molar-refractivity contribution is 6.46. The van der Waals surface area contributed by atoms with Gasteiger partial charge in [-0.1, -0.05) is 35.9 Å². The van der Waals surface area contributed by atoms with E-state index in [9.17, 15) is 14.7 Å². The monoisotopic (exact) mass is 451 g/mol. The first-order valence-corrected chi connectivity index (χ1v) is 10.5. The molecular formula is C24H22ClN3O4. The Hall–Kier alpha value is -3.58. The number of aryl methyl sites for hydroxylation is 1. The first-order valence-electron chi connectivity index (χ1n) is 10.1. The lowest BCUT2D eigenvalue weighted by Gasteiger charge is -2.25. The van der Waals surface area contributed by atoms with E-state index in [-0.39, 0.29) is 11.3 Å². The molecule has 1 fully saturated rings. The molecule has 0 radical (unpaired) electrons. The van der Waals surface area contributed by atoms with Gasteiger partial charge in [0.2, 0.25) is 0 Å². The number of rotatable bonds is 7. The highest BCUT2D eigenvalue weighted by Crippen LogP contribution is 2.40. The molecule has 1 aliphatic rings. The number of methoxy groups -OCH3 is 1. The van der Waals surface area contributed by atoms with Crippen molar-refractivity contribution in [1.29, 1.82) is 0 Å². The number of nitrogens with zero attached hydrogens (tertiary/aromatic N) is 3. The van der Waals surface area contributed by atoms with E-state index in [0.29, 0.717) is 41.4 Å². The summed E-state index contributed by atoms with van der Waals surface area (Å²) in [5, 5.41) is 11.6. The van der Waals surface area contributed by atoms with Crippen LogP contribution in [0.15, 0.2) is 72.8 Å². The van der Waals surface area contributed by atoms with Gasteiger partial charge in [0.15, 0.2) is 0 Å². The van der Waals surface area contributed by atoms with E-state index < -0.39 is 17.7 Å². The summed E-state index contributed by atoms with van der Waals surface area (Å²) < 4.78 is 7.14. The molecule has 1 N–H and O–H groups in total. The Morgan fingerprint density at radius 3 is 2.69 bits per heavy atom. The molecule has 1 saturated heterocycles. The molecule has 4 rings (SSSR count). The first-order chi connectivity index (χ1) is 15.5. The number of ketones is 1. The maximum atomic E-state index is 13.1. The summed E-state index contributed by atoms with van der Waals surface area (Å²) >= 11 is 6.21. The fourth-order valence-electron chi connectivity index (χ4n) is 3.90. The van der Waals surface area contributed by atoms with Crippen LogP contribution < -0.4 is 4.74 Å². The van der Waals surface area contributed by atoms with Crippen LogP contribution in [0.4, 0.5) is 0 Å². The van der Waals surface area contributed by atoms with Gasteiger partial charge in [0.1, 0.15) is 11.5 Å². The summed E-state index contributed by atoms with van der Waals surface area (Å²) in [5.74, 6) is -1.09. The second kappa shape index (κ2) is 9.28. The number of imidazole rings is 1. The van der Waals surface area contributed by atoms with Gasteiger partial charge in [-0.25, -0.2) is 4.98 Å². The smallest absolute Gasteiger partial charge is 0.295 e. The van der Waals surface area contributed by atoms with Crippen LogP contribution in [-0.2, 0) is 16.1 Å². The van der Waals surface area contributed by atoms with Crippen LogP contribution in [0.2, 0.25) is 5.02 Å². The third-order valence-corrected chi connectivity index (χ3v) is 5.66. The van der Waals surface area contributed by atoms with Crippen molar-refractivity contribution in [3.8, 4) is 5.75 Å². The van der Waals surface area contributed by atoms with Crippen molar-refractivity contribution < 1.29 is 19.4 Å². The third kappa shape index (κ3) is 4.24. The van der Waals surface area contributed by atoms with Gasteiger partial charge in [0.25, 0.3) is 11.7 Å². The van der Waals surface area contributed by atoms with Crippen molar-refractivity contribution in [3.05, 3.63) is 89.0 Å². The van der Waals surface area contributed by atoms with Crippen molar-refractivity contribution in [2.75, 3.05) is 13.7 Å². The topological polar surface area (TPSA) is 84.7 Å². The van der Waals surface area contributed by atoms with Gasteiger partial charge in [0, 0.05) is 36.1 Å². The SMILES string of the molecule is COc1cccc(C(O)=C2C(=O)C(=O)N(CCCn3ccnc3)C2c2cccc(Cl)c2)c1. The standard InChI is InChI=1S/C24H22ClN3O4/c1-32-19-8-3-6-17(14-19)22(29)20-21(16-5-2-7-18(25)13-16)28(24(31)23(20)30)11-4-10-27-12-9-26-15-27/h2-3,5-9,12-15,21,29H,4,10-11H2,1H3. The van der Waals surface area contributed by atoms with E-state index in [1.807, 2.05) is 10.8 Å². The van der Waals surface area contributed by atoms with Crippen molar-refractivity contribution in [1.82, 2.24) is 14.5 Å². The lowest BCUT2D eigenvalue weighted by atomic mass is 9.95. The molecule has 0 saturated carbocycles. The lowest BCUT2D eigenvalue weighted by molar-refractivity contribution is -0.139. The van der Waals surface area contributed by atoms with Crippen LogP contribution in [0.5, 0.6) is 5.75 Å². The molecule has 0 spiro atoms. The van der Waals surface area contributed by atoms with Gasteiger partial charge >= 0.3 is 0 Å². The van der Waals surface area contributed by atoms with E-state index >= 15 is 0 Å². The molecule has 1 aliphatic heterocycles. The van der Waals surface area contributed by atoms with E-state index in [2.05, 4.69) is 4.98 Å². The number of Topliss-reactive ketones (excluding diaryl/α,β-unsaturated/α-hetero) is 1. The van der Waals surface area contributed by atoms with Crippen LogP contribution in [0.1, 0.15) is 23.6 Å². The minimum atomic E-state index is -0.748. The van der Waals surface area contributed by atoms with Crippen LogP contribution in [0.25, 0.3) is 5.76 Å². The van der Waals surface area contributed by atoms with Gasteiger partial charge in [0.05, 0.1) is 25.1 Å². The summed E-state index contributed by atoms with van der Waals surface area (Å²) in [4.78, 5) is 31.6. The molecule has 1 aromatic heterocycles. The number of halogens is 1. The van der Waals surface area contributed by atoms with Crippen molar-refractivity contribution in [3.63, 3.8) is 0 Å². The molecule has 1 amide bonds. The molecular weight excluding hydrogens is 430 g/mol. The van der Waals surface area contributed by atoms with Gasteiger partial charge in [-0.3, -0.25) is 9.59 Å². The number of hydrogen-bond donors (Lipinski definition) is 1. The van der Waals surface area contributed by atoms with E-state index in [0.717, 1.165) is 0 Å². The highest BCUT2D eigenvalue weighted by Gasteiger charge is 2.45. The maximum Gasteiger partial charge on any atom is 0.295 e. The Balaban J connectivity index is 1.75. The lowest BCUT2D eigenvalue weighted by Crippen LogP contribution is -2.31. The summed E-state index contributed by atoms with van der Waals surface area (Å²) in [6.07, 6.45) is 5.84. The number of amides is 1. The van der Waals surface area contributed by atoms with Crippen molar-refractivity contribution in [2.24, 2.45) is 0 Å². The fraction of sp³-hybridized carbons (Fsp3) is 0.208. The Bertz CT molecular complexity index is 1170. The predicted octanol–water partition coefficient (Wildman–Crippen LogP) is 4.06. The fourth-order valence-corrected chi connectivity index (χ4v) is 4.10. The van der Waals surface area contributed by atoms with E-state index in [1.165, 1.54) is 12.0 Å². The largest absolute Gasteiger partial charge is 0.507 e. The second-order valence-electron chi connectivity index (χ2n) is 7.43. The minimum Gasteiger partial charge on any atom is -0.507 e. The number of carbonyl (C=O) groups is 2. The summed E-state index contributed by atoms with van der Waals surface area (Å²) in [7, 11) is 1.52. The summed E-state index contributed by atoms with van der Waals surface area (Å²) in [6.45, 7) is 0.968. The predicted molar refractivity (Wildman–Crippen MR) is 120 cm³/mol. The van der Waals surface area contributed by atoms with Gasteiger partial charge in [-0.05, 0) is 36.2 Å². The van der Waals surface area contributed by atoms with Crippen LogP contribution >= 0.6 is 11.6 Å². The summed E-state index contributed by atoms with van der Waals surface area (Å²) in [5.41, 5.74) is 1.09. The number of likely N-dealkylation sites (tertiary alicyclic amines) is 1. The minimum absolute atomic E-state index is 0.0353. The normalized spacial score (nSPS) is 17.7. The molecule has 1 unspecified atom stereocenters. The molecule has 164 valence electrons. The van der Waals surface area contributed by atoms with E-state index in [1.54, 1.807) is 61.1 Å². The van der Waals surface area contributed by atoms with Gasteiger partial charge < -0.3 is 19.3 Å². The van der Waals surface area contributed by atoms with Gasteiger partial charge in [-0.15, -0.1) is 0 Å². The number of aliphatic hydroxyl groups is 1. The Morgan fingerprint density at radius 2 is 1.97 bits per heavy atom. The average Bonchev–Trinajstić information content (AvgIpc) is 3.41. The summed E-state index contributed by atoms with van der Waals surface area (Å²) in [6, 6.07) is 13.0. The van der Waals surface area contributed by atoms with Crippen LogP contribution in [0, 0.1) is 0 Å². The molecule has 2 heterocycles. The number of hydrogen-bond acceptors (Lipinski definition) is 5. The number of ether oxygens (including phenoxy) is 1. The maximum absolute atomic E-state index is 13.1. The molecule has 0 bridgehead atoms. The third-order valence-electron chi connectivity index (χ3n) is 5.42. The number of aliphatic hydroxyl groups excluding tert-OH is 1. The second-order valence-corrected chi connectivity index (χ2v) is 7.87. The van der Waals surface area contributed by atoms with Crippen molar-refractivity contribution in [2.45, 2.75) is 19.0 Å². The molecule has 32 heavy (non-hydrogen) atoms. The van der Waals surface area contributed by atoms with Crippen LogP contribution in [0.3, 0.4) is 0 Å². The number of benzene rings is 2. The highest BCUT2D eigenvalue weighted by atomic mass is 35.5. The number of carbonyl (C=O) groups excluding carboxylic acids is 2. The zero-order valence-corrected chi connectivity index (χ0v) is 18.2. The van der Waals surface area contributed by atoms with Crippen molar-refractivity contribution >= 4 is 29.1 Å². The molecule has 0 aliphatic carbocycles. The molecule has 2 aromatic carbocycles. The molecule has 8 heteroatoms. The van der Waals surface area contributed by atoms with E-state index in [4.69, 9.17) is 16.3 Å². The Kier molecular flexibility index (Phi) is 6.28. The molecule has 1 atom stereocenters. The Morgan fingerprint density at radius 1 is 1.16 bits per heavy atom. The quantitative estimate of drug-likeness (QED) is 0.332. The first kappa shape index (κ1) is 21.6. The average molecular weight is 452 g/mol. The molecule has 3 aromatic rings. The zero-order chi connectivity index (χ0) is 22.7.